The maximum Gasteiger partial charge on any atom is 0.253 e. The second-order valence-corrected chi connectivity index (χ2v) is 9.68. The number of fused-ring (bicyclic) bond motifs is 2. The first-order valence-corrected chi connectivity index (χ1v) is 11.3. The Bertz CT molecular complexity index is 749. The molecular formula is C24H36ClN3O2. The van der Waals surface area contributed by atoms with E-state index >= 15 is 0 Å². The number of amides is 2. The van der Waals surface area contributed by atoms with Gasteiger partial charge >= 0.3 is 0 Å². The molecule has 3 atom stereocenters. The van der Waals surface area contributed by atoms with Crippen LogP contribution in [0.4, 0.5) is 0 Å². The first-order valence-electron chi connectivity index (χ1n) is 11.3. The molecular weight excluding hydrogens is 398 g/mol. The normalized spacial score (nSPS) is 30.9. The molecule has 30 heavy (non-hydrogen) atoms. The third kappa shape index (κ3) is 5.00. The van der Waals surface area contributed by atoms with Crippen LogP contribution in [0.5, 0.6) is 0 Å². The molecule has 0 spiro atoms. The zero-order chi connectivity index (χ0) is 20.5. The number of piperidine rings is 1. The predicted molar refractivity (Wildman–Crippen MR) is 122 cm³/mol. The maximum absolute atomic E-state index is 13.1. The van der Waals surface area contributed by atoms with Crippen molar-refractivity contribution in [2.75, 3.05) is 13.1 Å². The molecule has 3 aliphatic rings. The van der Waals surface area contributed by atoms with E-state index < -0.39 is 0 Å². The number of nitrogens with two attached hydrogens (primary N) is 1. The molecule has 1 aromatic rings. The van der Waals surface area contributed by atoms with Crippen LogP contribution in [-0.4, -0.2) is 41.9 Å². The van der Waals surface area contributed by atoms with E-state index in [9.17, 15) is 9.59 Å². The summed E-state index contributed by atoms with van der Waals surface area (Å²) in [6.45, 7) is 5.30. The third-order valence-electron chi connectivity index (χ3n) is 7.23. The lowest BCUT2D eigenvalue weighted by molar-refractivity contribution is -0.128. The Balaban J connectivity index is 0.00000256. The topological polar surface area (TPSA) is 75.4 Å². The Kier molecular flexibility index (Phi) is 7.46. The third-order valence-corrected chi connectivity index (χ3v) is 7.23. The van der Waals surface area contributed by atoms with Crippen molar-refractivity contribution in [1.82, 2.24) is 10.2 Å². The van der Waals surface area contributed by atoms with Crippen LogP contribution in [0.25, 0.3) is 0 Å². The summed E-state index contributed by atoms with van der Waals surface area (Å²) >= 11 is 0. The van der Waals surface area contributed by atoms with Gasteiger partial charge in [0.2, 0.25) is 5.91 Å². The average molecular weight is 434 g/mol. The zero-order valence-corrected chi connectivity index (χ0v) is 19.0. The molecule has 0 radical (unpaired) electrons. The molecule has 0 aromatic heterocycles. The Morgan fingerprint density at radius 3 is 2.27 bits per heavy atom. The Labute approximate surface area is 186 Å². The summed E-state index contributed by atoms with van der Waals surface area (Å²) in [5.74, 6) is 1.14. The molecule has 1 aliphatic heterocycles. The average Bonchev–Trinajstić information content (AvgIpc) is 2.67. The number of hydrogen-bond acceptors (Lipinski definition) is 3. The summed E-state index contributed by atoms with van der Waals surface area (Å²) < 4.78 is 0. The highest BCUT2D eigenvalue weighted by Gasteiger charge is 2.41. The number of halogens is 1. The summed E-state index contributed by atoms with van der Waals surface area (Å²) in [5, 5.41) is 3.40. The number of nitrogens with one attached hydrogen (secondary N) is 1. The minimum Gasteiger partial charge on any atom is -0.353 e. The summed E-state index contributed by atoms with van der Waals surface area (Å²) in [6.07, 6.45) is 7.43. The van der Waals surface area contributed by atoms with Crippen LogP contribution in [0.2, 0.25) is 0 Å². The van der Waals surface area contributed by atoms with Crippen molar-refractivity contribution in [3.63, 3.8) is 0 Å². The second-order valence-electron chi connectivity index (χ2n) is 9.68. The van der Waals surface area contributed by atoms with Crippen molar-refractivity contribution < 1.29 is 9.59 Å². The molecule has 2 amide bonds. The van der Waals surface area contributed by atoms with Crippen LogP contribution in [0.1, 0.15) is 66.4 Å². The number of likely N-dealkylation sites (tertiary alicyclic amines) is 1. The zero-order valence-electron chi connectivity index (χ0n) is 18.2. The lowest BCUT2D eigenvalue weighted by atomic mass is 9.67. The van der Waals surface area contributed by atoms with Gasteiger partial charge in [0.1, 0.15) is 0 Å². The lowest BCUT2D eigenvalue weighted by Crippen LogP contribution is -2.56. The van der Waals surface area contributed by atoms with Crippen LogP contribution in [0, 0.1) is 31.6 Å². The van der Waals surface area contributed by atoms with E-state index in [1.165, 1.54) is 19.3 Å². The number of carbonyl (C=O) groups is 2. The molecule has 4 rings (SSSR count). The fraction of sp³-hybridized carbons (Fsp3) is 0.667. The molecule has 2 bridgehead atoms. The molecule has 3 N–H and O–H groups in total. The minimum atomic E-state index is -0.102. The fourth-order valence-electron chi connectivity index (χ4n) is 5.96. The highest BCUT2D eigenvalue weighted by atomic mass is 35.5. The number of hydrogen-bond donors (Lipinski definition) is 2. The molecule has 1 saturated heterocycles. The van der Waals surface area contributed by atoms with Crippen molar-refractivity contribution in [2.45, 2.75) is 70.9 Å². The largest absolute Gasteiger partial charge is 0.353 e. The second kappa shape index (κ2) is 9.69. The molecule has 1 heterocycles. The highest BCUT2D eigenvalue weighted by molar-refractivity contribution is 5.95. The highest BCUT2D eigenvalue weighted by Crippen LogP contribution is 2.40. The van der Waals surface area contributed by atoms with E-state index in [4.69, 9.17) is 5.73 Å². The Morgan fingerprint density at radius 1 is 1.00 bits per heavy atom. The van der Waals surface area contributed by atoms with E-state index in [0.717, 1.165) is 48.9 Å². The van der Waals surface area contributed by atoms with E-state index in [-0.39, 0.29) is 36.2 Å². The standard InChI is InChI=1S/C24H35N3O2.ClH/c1-15-9-16(2)11-20(10-15)24(29)27-8-4-7-19(14-27)23(28)26-22-17-5-3-6-18(22)13-21(25)12-17;/h9-11,17-19,21-22H,3-8,12-14,25H2,1-2H3,(H,26,28);1H. The SMILES string of the molecule is Cc1cc(C)cc(C(=O)N2CCCC(C(=O)NC3C4CCCC3CC(N)C4)C2)c1.Cl. The lowest BCUT2D eigenvalue weighted by Gasteiger charge is -2.46. The van der Waals surface area contributed by atoms with E-state index in [1.54, 1.807) is 0 Å². The quantitative estimate of drug-likeness (QED) is 0.764. The maximum atomic E-state index is 13.1. The van der Waals surface area contributed by atoms with Gasteiger partial charge in [0.15, 0.2) is 0 Å². The molecule has 2 aliphatic carbocycles. The predicted octanol–water partition coefficient (Wildman–Crippen LogP) is 3.60. The summed E-state index contributed by atoms with van der Waals surface area (Å²) in [7, 11) is 0. The number of aryl methyl sites for hydroxylation is 2. The number of nitrogens with zero attached hydrogens (tertiary/aromatic N) is 1. The fourth-order valence-corrected chi connectivity index (χ4v) is 5.96. The molecule has 2 saturated carbocycles. The van der Waals surface area contributed by atoms with Crippen LogP contribution in [0.3, 0.4) is 0 Å². The first kappa shape index (κ1) is 23.1. The van der Waals surface area contributed by atoms with E-state index in [1.807, 2.05) is 30.9 Å². The van der Waals surface area contributed by atoms with Crippen molar-refractivity contribution in [2.24, 2.45) is 23.5 Å². The van der Waals surface area contributed by atoms with Gasteiger partial charge in [-0.2, -0.15) is 0 Å². The Hall–Kier alpha value is -1.59. The molecule has 166 valence electrons. The molecule has 3 unspecified atom stereocenters. The van der Waals surface area contributed by atoms with Crippen LogP contribution >= 0.6 is 12.4 Å². The summed E-state index contributed by atoms with van der Waals surface area (Å²) in [5.41, 5.74) is 9.17. The summed E-state index contributed by atoms with van der Waals surface area (Å²) in [4.78, 5) is 28.0. The summed E-state index contributed by atoms with van der Waals surface area (Å²) in [6, 6.07) is 6.55. The number of benzene rings is 1. The van der Waals surface area contributed by atoms with Gasteiger partial charge in [-0.3, -0.25) is 9.59 Å². The minimum absolute atomic E-state index is 0. The van der Waals surface area contributed by atoms with Gasteiger partial charge in [0.25, 0.3) is 5.91 Å². The van der Waals surface area contributed by atoms with Gasteiger partial charge in [-0.05, 0) is 76.3 Å². The van der Waals surface area contributed by atoms with Crippen LogP contribution < -0.4 is 11.1 Å². The number of carbonyl (C=O) groups excluding carboxylic acids is 2. The van der Waals surface area contributed by atoms with Gasteiger partial charge in [-0.15, -0.1) is 12.4 Å². The van der Waals surface area contributed by atoms with Crippen molar-refractivity contribution in [1.29, 1.82) is 0 Å². The van der Waals surface area contributed by atoms with E-state index in [0.29, 0.717) is 24.4 Å². The number of rotatable bonds is 3. The van der Waals surface area contributed by atoms with Gasteiger partial charge in [-0.1, -0.05) is 23.6 Å². The smallest absolute Gasteiger partial charge is 0.253 e. The monoisotopic (exact) mass is 433 g/mol. The van der Waals surface area contributed by atoms with E-state index in [2.05, 4.69) is 11.4 Å². The van der Waals surface area contributed by atoms with Crippen molar-refractivity contribution >= 4 is 24.2 Å². The van der Waals surface area contributed by atoms with Crippen LogP contribution in [-0.2, 0) is 4.79 Å². The van der Waals surface area contributed by atoms with Gasteiger partial charge in [0.05, 0.1) is 5.92 Å². The van der Waals surface area contributed by atoms with Crippen molar-refractivity contribution in [3.8, 4) is 0 Å². The molecule has 1 aromatic carbocycles. The Morgan fingerprint density at radius 2 is 1.63 bits per heavy atom. The van der Waals surface area contributed by atoms with Crippen molar-refractivity contribution in [3.05, 3.63) is 34.9 Å². The van der Waals surface area contributed by atoms with Gasteiger partial charge in [0, 0.05) is 30.7 Å². The molecule has 5 nitrogen and oxygen atoms in total. The molecule has 6 heteroatoms. The first-order chi connectivity index (χ1) is 13.9. The van der Waals surface area contributed by atoms with Crippen LogP contribution in [0.15, 0.2) is 18.2 Å². The van der Waals surface area contributed by atoms with Gasteiger partial charge < -0.3 is 16.0 Å². The molecule has 3 fully saturated rings. The van der Waals surface area contributed by atoms with Gasteiger partial charge in [-0.25, -0.2) is 0 Å².